The Morgan fingerprint density at radius 1 is 0.794 bits per heavy atom. The molecule has 3 N–H and O–H groups in total. The number of nitrogens with zero attached hydrogens (tertiary/aromatic N) is 3. The number of rotatable bonds is 7. The lowest BCUT2D eigenvalue weighted by atomic mass is 10.1. The first-order valence-corrected chi connectivity index (χ1v) is 11.2. The molecule has 0 amide bonds. The lowest BCUT2D eigenvalue weighted by Gasteiger charge is -2.26. The Morgan fingerprint density at radius 2 is 1.53 bits per heavy atom. The molecule has 6 nitrogen and oxygen atoms in total. The number of aliphatic hydroxyl groups is 2. The van der Waals surface area contributed by atoms with Gasteiger partial charge in [-0.2, -0.15) is 0 Å². The standard InChI is InChI=1S/C28H26N4O2/c1-19-7-8-22(17-34)13-26(19)32(15-20-5-3-2-4-6-20)28-24-14-25(31-27(24)29-18-30-28)23-11-9-21(16-33)10-12-23/h2-14,18,33-34H,15-17H2,1H3,(H,29,30,31). The second-order valence-electron chi connectivity index (χ2n) is 8.35. The number of aromatic nitrogens is 3. The molecule has 0 spiro atoms. The van der Waals surface area contributed by atoms with Gasteiger partial charge in [0.1, 0.15) is 17.8 Å². The molecule has 2 heterocycles. The van der Waals surface area contributed by atoms with E-state index < -0.39 is 0 Å². The normalized spacial score (nSPS) is 11.1. The number of anilines is 2. The van der Waals surface area contributed by atoms with Crippen molar-refractivity contribution >= 4 is 22.5 Å². The molecule has 170 valence electrons. The van der Waals surface area contributed by atoms with Gasteiger partial charge in [0.25, 0.3) is 0 Å². The van der Waals surface area contributed by atoms with Gasteiger partial charge >= 0.3 is 0 Å². The van der Waals surface area contributed by atoms with Gasteiger partial charge < -0.3 is 20.1 Å². The average molecular weight is 451 g/mol. The Kier molecular flexibility index (Phi) is 6.08. The van der Waals surface area contributed by atoms with Crippen molar-refractivity contribution in [3.63, 3.8) is 0 Å². The topological polar surface area (TPSA) is 85.3 Å². The van der Waals surface area contributed by atoms with E-state index in [0.29, 0.717) is 6.54 Å². The van der Waals surface area contributed by atoms with Crippen LogP contribution in [0.2, 0.25) is 0 Å². The summed E-state index contributed by atoms with van der Waals surface area (Å²) in [5.41, 5.74) is 7.65. The average Bonchev–Trinajstić information content (AvgIpc) is 3.33. The maximum atomic E-state index is 9.77. The van der Waals surface area contributed by atoms with E-state index in [4.69, 9.17) is 4.98 Å². The van der Waals surface area contributed by atoms with E-state index in [-0.39, 0.29) is 13.2 Å². The zero-order valence-corrected chi connectivity index (χ0v) is 18.9. The molecular weight excluding hydrogens is 424 g/mol. The monoisotopic (exact) mass is 450 g/mol. The highest BCUT2D eigenvalue weighted by atomic mass is 16.3. The zero-order valence-electron chi connectivity index (χ0n) is 18.9. The van der Waals surface area contributed by atoms with Gasteiger partial charge in [0.05, 0.1) is 18.6 Å². The Labute approximate surface area is 198 Å². The predicted molar refractivity (Wildman–Crippen MR) is 135 cm³/mol. The van der Waals surface area contributed by atoms with Crippen molar-refractivity contribution in [2.45, 2.75) is 26.7 Å². The molecule has 0 fully saturated rings. The summed E-state index contributed by atoms with van der Waals surface area (Å²) in [6, 6.07) is 26.1. The van der Waals surface area contributed by atoms with Gasteiger partial charge in [-0.15, -0.1) is 0 Å². The fourth-order valence-electron chi connectivity index (χ4n) is 4.17. The van der Waals surface area contributed by atoms with Gasteiger partial charge in [-0.25, -0.2) is 9.97 Å². The molecular formula is C28H26N4O2. The van der Waals surface area contributed by atoms with Crippen LogP contribution in [0.3, 0.4) is 0 Å². The Morgan fingerprint density at radius 3 is 2.26 bits per heavy atom. The van der Waals surface area contributed by atoms with E-state index in [2.05, 4.69) is 40.0 Å². The minimum atomic E-state index is -0.0240. The molecule has 5 aromatic rings. The number of benzene rings is 3. The first-order valence-electron chi connectivity index (χ1n) is 11.2. The molecule has 0 radical (unpaired) electrons. The molecule has 34 heavy (non-hydrogen) atoms. The van der Waals surface area contributed by atoms with Crippen LogP contribution in [0.1, 0.15) is 22.3 Å². The number of aryl methyl sites for hydroxylation is 1. The Bertz CT molecular complexity index is 1410. The van der Waals surface area contributed by atoms with Crippen LogP contribution < -0.4 is 4.90 Å². The summed E-state index contributed by atoms with van der Waals surface area (Å²) in [4.78, 5) is 14.8. The fraction of sp³-hybridized carbons (Fsp3) is 0.143. The summed E-state index contributed by atoms with van der Waals surface area (Å²) in [7, 11) is 0. The minimum Gasteiger partial charge on any atom is -0.392 e. The molecule has 6 heteroatoms. The Hall–Kier alpha value is -4.00. The Balaban J connectivity index is 1.65. The second-order valence-corrected chi connectivity index (χ2v) is 8.35. The third kappa shape index (κ3) is 4.29. The zero-order chi connectivity index (χ0) is 23.5. The number of fused-ring (bicyclic) bond motifs is 1. The van der Waals surface area contributed by atoms with Crippen LogP contribution in [0.15, 0.2) is 85.2 Å². The highest BCUT2D eigenvalue weighted by Crippen LogP contribution is 2.35. The van der Waals surface area contributed by atoms with Gasteiger partial charge in [0.2, 0.25) is 0 Å². The summed E-state index contributed by atoms with van der Waals surface area (Å²) in [5, 5.41) is 20.0. The quantitative estimate of drug-likeness (QED) is 0.315. The van der Waals surface area contributed by atoms with Crippen molar-refractivity contribution in [1.82, 2.24) is 15.0 Å². The molecule has 0 atom stereocenters. The maximum Gasteiger partial charge on any atom is 0.146 e. The van der Waals surface area contributed by atoms with Crippen LogP contribution >= 0.6 is 0 Å². The van der Waals surface area contributed by atoms with Gasteiger partial charge in [-0.05, 0) is 46.9 Å². The number of aliphatic hydroxyl groups excluding tert-OH is 2. The van der Waals surface area contributed by atoms with Crippen molar-refractivity contribution in [3.05, 3.63) is 107 Å². The van der Waals surface area contributed by atoms with Gasteiger partial charge in [0, 0.05) is 17.9 Å². The van der Waals surface area contributed by atoms with Gasteiger partial charge in [-0.3, -0.25) is 0 Å². The van der Waals surface area contributed by atoms with E-state index in [1.54, 1.807) is 6.33 Å². The van der Waals surface area contributed by atoms with E-state index >= 15 is 0 Å². The summed E-state index contributed by atoms with van der Waals surface area (Å²) in [5.74, 6) is 0.793. The highest BCUT2D eigenvalue weighted by Gasteiger charge is 2.19. The first kappa shape index (κ1) is 21.8. The smallest absolute Gasteiger partial charge is 0.146 e. The van der Waals surface area contributed by atoms with Crippen LogP contribution in [0.4, 0.5) is 11.5 Å². The molecule has 0 aliphatic carbocycles. The molecule has 2 aromatic heterocycles. The molecule has 0 saturated heterocycles. The summed E-state index contributed by atoms with van der Waals surface area (Å²) in [6.45, 7) is 2.68. The van der Waals surface area contributed by atoms with Crippen molar-refractivity contribution in [3.8, 4) is 11.3 Å². The number of H-pyrrole nitrogens is 1. The molecule has 3 aromatic carbocycles. The van der Waals surface area contributed by atoms with E-state index in [0.717, 1.165) is 56.0 Å². The van der Waals surface area contributed by atoms with Crippen molar-refractivity contribution in [1.29, 1.82) is 0 Å². The van der Waals surface area contributed by atoms with E-state index in [9.17, 15) is 10.2 Å². The van der Waals surface area contributed by atoms with Crippen LogP contribution in [0.5, 0.6) is 0 Å². The number of hydrogen-bond acceptors (Lipinski definition) is 5. The van der Waals surface area contributed by atoms with Gasteiger partial charge in [0.15, 0.2) is 0 Å². The van der Waals surface area contributed by atoms with Crippen LogP contribution in [0, 0.1) is 6.92 Å². The number of hydrogen-bond donors (Lipinski definition) is 3. The van der Waals surface area contributed by atoms with Crippen LogP contribution in [-0.2, 0) is 19.8 Å². The number of nitrogens with one attached hydrogen (secondary N) is 1. The van der Waals surface area contributed by atoms with E-state index in [1.807, 2.05) is 60.7 Å². The first-order chi connectivity index (χ1) is 16.7. The fourth-order valence-corrected chi connectivity index (χ4v) is 4.17. The molecule has 5 rings (SSSR count). The van der Waals surface area contributed by atoms with Crippen molar-refractivity contribution in [2.75, 3.05) is 4.90 Å². The predicted octanol–water partition coefficient (Wildman–Crippen LogP) is 5.26. The summed E-state index contributed by atoms with van der Waals surface area (Å²) >= 11 is 0. The molecule has 0 aliphatic heterocycles. The van der Waals surface area contributed by atoms with Gasteiger partial charge in [-0.1, -0.05) is 66.7 Å². The summed E-state index contributed by atoms with van der Waals surface area (Å²) < 4.78 is 0. The van der Waals surface area contributed by atoms with Crippen LogP contribution in [-0.4, -0.2) is 25.2 Å². The van der Waals surface area contributed by atoms with E-state index in [1.165, 1.54) is 0 Å². The minimum absolute atomic E-state index is 0.0172. The van der Waals surface area contributed by atoms with Crippen LogP contribution in [0.25, 0.3) is 22.3 Å². The largest absolute Gasteiger partial charge is 0.392 e. The van der Waals surface area contributed by atoms with Crippen molar-refractivity contribution in [2.24, 2.45) is 0 Å². The second kappa shape index (κ2) is 9.47. The molecule has 0 bridgehead atoms. The number of aromatic amines is 1. The molecule has 0 unspecified atom stereocenters. The SMILES string of the molecule is Cc1ccc(CO)cc1N(Cc1ccccc1)c1ncnc2[nH]c(-c3ccc(CO)cc3)cc12. The van der Waals surface area contributed by atoms with Crippen molar-refractivity contribution < 1.29 is 10.2 Å². The molecule has 0 aliphatic rings. The lowest BCUT2D eigenvalue weighted by Crippen LogP contribution is -2.19. The lowest BCUT2D eigenvalue weighted by molar-refractivity contribution is 0.281. The molecule has 0 saturated carbocycles. The highest BCUT2D eigenvalue weighted by molar-refractivity contribution is 5.94. The third-order valence-electron chi connectivity index (χ3n) is 6.04. The summed E-state index contributed by atoms with van der Waals surface area (Å²) in [6.07, 6.45) is 1.58. The maximum absolute atomic E-state index is 9.77. The third-order valence-corrected chi connectivity index (χ3v) is 6.04.